The number of aryl methyl sites for hydroxylation is 1. The van der Waals surface area contributed by atoms with E-state index in [0.717, 1.165) is 0 Å². The lowest BCUT2D eigenvalue weighted by Crippen LogP contribution is -2.38. The van der Waals surface area contributed by atoms with E-state index in [9.17, 15) is 9.59 Å². The minimum Gasteiger partial charge on any atom is -0.481 e. The number of nitrogens with zero attached hydrogens (tertiary/aromatic N) is 2. The molecule has 0 spiro atoms. The van der Waals surface area contributed by atoms with Crippen LogP contribution in [-0.4, -0.2) is 47.3 Å². The van der Waals surface area contributed by atoms with Crippen LogP contribution in [0.25, 0.3) is 0 Å². The summed E-state index contributed by atoms with van der Waals surface area (Å²) in [6.45, 7) is 4.34. The molecule has 0 radical (unpaired) electrons. The van der Waals surface area contributed by atoms with Crippen molar-refractivity contribution in [3.63, 3.8) is 0 Å². The third-order valence-electron chi connectivity index (χ3n) is 3.11. The van der Waals surface area contributed by atoms with E-state index in [1.54, 1.807) is 6.92 Å². The zero-order valence-corrected chi connectivity index (χ0v) is 10.8. The first-order valence-electron chi connectivity index (χ1n) is 6.22. The largest absolute Gasteiger partial charge is 0.481 e. The summed E-state index contributed by atoms with van der Waals surface area (Å²) in [5.74, 6) is -0.388. The molecular formula is C12H17N3O4. The molecule has 0 unspecified atom stereocenters. The number of rotatable bonds is 4. The van der Waals surface area contributed by atoms with E-state index >= 15 is 0 Å². The summed E-state index contributed by atoms with van der Waals surface area (Å²) in [6.07, 6.45) is 0.134. The normalized spacial score (nSPS) is 15.5. The Morgan fingerprint density at radius 1 is 1.47 bits per heavy atom. The van der Waals surface area contributed by atoms with Gasteiger partial charge in [0.25, 0.3) is 5.56 Å². The SMILES string of the molecule is Cc1nc(N2CCOCC2)[nH]c(=O)c1CCC(=O)O. The van der Waals surface area contributed by atoms with Crippen LogP contribution in [0.4, 0.5) is 5.95 Å². The minimum atomic E-state index is -0.920. The van der Waals surface area contributed by atoms with Crippen LogP contribution < -0.4 is 10.5 Å². The quantitative estimate of drug-likeness (QED) is 0.793. The number of aromatic amines is 1. The number of morpholine rings is 1. The number of H-pyrrole nitrogens is 1. The number of aliphatic carboxylic acids is 1. The van der Waals surface area contributed by atoms with Crippen molar-refractivity contribution in [3.8, 4) is 0 Å². The fourth-order valence-electron chi connectivity index (χ4n) is 2.05. The first-order chi connectivity index (χ1) is 9.08. The second-order valence-electron chi connectivity index (χ2n) is 4.45. The van der Waals surface area contributed by atoms with Gasteiger partial charge in [-0.15, -0.1) is 0 Å². The van der Waals surface area contributed by atoms with Crippen LogP contribution in [0.2, 0.25) is 0 Å². The Bertz CT molecular complexity index is 520. The molecule has 1 aliphatic heterocycles. The number of ether oxygens (including phenoxy) is 1. The number of carboxylic acid groups (broad SMARTS) is 1. The summed E-state index contributed by atoms with van der Waals surface area (Å²) in [7, 11) is 0. The van der Waals surface area contributed by atoms with Gasteiger partial charge in [-0.25, -0.2) is 4.98 Å². The second-order valence-corrected chi connectivity index (χ2v) is 4.45. The fourth-order valence-corrected chi connectivity index (χ4v) is 2.05. The van der Waals surface area contributed by atoms with Gasteiger partial charge >= 0.3 is 5.97 Å². The summed E-state index contributed by atoms with van der Waals surface area (Å²) in [5.41, 5.74) is 0.779. The lowest BCUT2D eigenvalue weighted by molar-refractivity contribution is -0.136. The van der Waals surface area contributed by atoms with Gasteiger partial charge in [0.1, 0.15) is 0 Å². The monoisotopic (exact) mass is 267 g/mol. The third kappa shape index (κ3) is 3.31. The third-order valence-corrected chi connectivity index (χ3v) is 3.11. The van der Waals surface area contributed by atoms with Gasteiger partial charge in [0.05, 0.1) is 13.2 Å². The Balaban J connectivity index is 2.20. The van der Waals surface area contributed by atoms with Gasteiger partial charge in [0, 0.05) is 30.8 Å². The van der Waals surface area contributed by atoms with Crippen molar-refractivity contribution in [2.24, 2.45) is 0 Å². The van der Waals surface area contributed by atoms with Crippen LogP contribution in [0.3, 0.4) is 0 Å². The molecule has 0 aliphatic carbocycles. The number of carbonyl (C=O) groups is 1. The van der Waals surface area contributed by atoms with Crippen molar-refractivity contribution in [1.29, 1.82) is 0 Å². The van der Waals surface area contributed by atoms with Crippen LogP contribution >= 0.6 is 0 Å². The van der Waals surface area contributed by atoms with E-state index < -0.39 is 5.97 Å². The zero-order valence-electron chi connectivity index (χ0n) is 10.8. The molecule has 1 aromatic heterocycles. The molecule has 7 heteroatoms. The second kappa shape index (κ2) is 5.83. The topological polar surface area (TPSA) is 95.5 Å². The standard InChI is InChI=1S/C12H17N3O4/c1-8-9(2-3-10(16)17)11(18)14-12(13-8)15-4-6-19-7-5-15/h2-7H2,1H3,(H,16,17)(H,13,14,18). The maximum Gasteiger partial charge on any atom is 0.303 e. The van der Waals surface area contributed by atoms with Gasteiger partial charge in [0.15, 0.2) is 0 Å². The number of hydrogen-bond donors (Lipinski definition) is 2. The van der Waals surface area contributed by atoms with Gasteiger partial charge in [-0.3, -0.25) is 14.6 Å². The smallest absolute Gasteiger partial charge is 0.303 e. The Morgan fingerprint density at radius 3 is 2.74 bits per heavy atom. The van der Waals surface area contributed by atoms with Gasteiger partial charge in [-0.2, -0.15) is 0 Å². The molecule has 7 nitrogen and oxygen atoms in total. The predicted octanol–water partition coefficient (Wildman–Crippen LogP) is -0.0679. The Kier molecular flexibility index (Phi) is 4.16. The molecule has 0 bridgehead atoms. The van der Waals surface area contributed by atoms with Crippen molar-refractivity contribution >= 4 is 11.9 Å². The van der Waals surface area contributed by atoms with E-state index in [0.29, 0.717) is 43.5 Å². The van der Waals surface area contributed by atoms with Crippen molar-refractivity contribution in [3.05, 3.63) is 21.6 Å². The molecule has 19 heavy (non-hydrogen) atoms. The van der Waals surface area contributed by atoms with Crippen LogP contribution in [-0.2, 0) is 16.0 Å². The number of nitrogens with one attached hydrogen (secondary N) is 1. The minimum absolute atomic E-state index is 0.0670. The molecule has 1 aromatic rings. The molecule has 104 valence electrons. The highest BCUT2D eigenvalue weighted by Gasteiger charge is 2.16. The van der Waals surface area contributed by atoms with Crippen molar-refractivity contribution in [1.82, 2.24) is 9.97 Å². The maximum absolute atomic E-state index is 12.0. The van der Waals surface area contributed by atoms with Gasteiger partial charge in [-0.1, -0.05) is 0 Å². The summed E-state index contributed by atoms with van der Waals surface area (Å²) < 4.78 is 5.24. The lowest BCUT2D eigenvalue weighted by Gasteiger charge is -2.27. The maximum atomic E-state index is 12.0. The van der Waals surface area contributed by atoms with Crippen LogP contribution in [0.1, 0.15) is 17.7 Å². The fraction of sp³-hybridized carbons (Fsp3) is 0.583. The molecule has 2 N–H and O–H groups in total. The van der Waals surface area contributed by atoms with Gasteiger partial charge < -0.3 is 14.7 Å². The van der Waals surface area contributed by atoms with Crippen LogP contribution in [0.15, 0.2) is 4.79 Å². The Labute approximate surface area is 110 Å². The lowest BCUT2D eigenvalue weighted by atomic mass is 10.1. The molecule has 1 fully saturated rings. The molecular weight excluding hydrogens is 250 g/mol. The molecule has 2 rings (SSSR count). The number of hydrogen-bond acceptors (Lipinski definition) is 5. The van der Waals surface area contributed by atoms with Crippen LogP contribution in [0.5, 0.6) is 0 Å². The van der Waals surface area contributed by atoms with E-state index in [1.807, 2.05) is 4.90 Å². The highest BCUT2D eigenvalue weighted by Crippen LogP contribution is 2.11. The molecule has 0 saturated carbocycles. The molecule has 0 aromatic carbocycles. The first-order valence-corrected chi connectivity index (χ1v) is 6.22. The van der Waals surface area contributed by atoms with E-state index in [-0.39, 0.29) is 18.4 Å². The van der Waals surface area contributed by atoms with E-state index in [4.69, 9.17) is 9.84 Å². The molecule has 0 atom stereocenters. The summed E-state index contributed by atoms with van der Waals surface area (Å²) in [4.78, 5) is 31.6. The van der Waals surface area contributed by atoms with Crippen LogP contribution in [0, 0.1) is 6.92 Å². The highest BCUT2D eigenvalue weighted by atomic mass is 16.5. The Morgan fingerprint density at radius 2 is 2.16 bits per heavy atom. The Hall–Kier alpha value is -1.89. The van der Waals surface area contributed by atoms with Gasteiger partial charge in [-0.05, 0) is 13.3 Å². The number of anilines is 1. The number of aromatic nitrogens is 2. The predicted molar refractivity (Wildman–Crippen MR) is 68.6 cm³/mol. The van der Waals surface area contributed by atoms with Crippen molar-refractivity contribution in [2.45, 2.75) is 19.8 Å². The molecule has 2 heterocycles. The van der Waals surface area contributed by atoms with Crippen molar-refractivity contribution in [2.75, 3.05) is 31.2 Å². The average molecular weight is 267 g/mol. The summed E-state index contributed by atoms with van der Waals surface area (Å²) in [5, 5.41) is 8.66. The highest BCUT2D eigenvalue weighted by molar-refractivity contribution is 5.67. The first kappa shape index (κ1) is 13.5. The van der Waals surface area contributed by atoms with E-state index in [2.05, 4.69) is 9.97 Å². The summed E-state index contributed by atoms with van der Waals surface area (Å²) >= 11 is 0. The average Bonchev–Trinajstić information content (AvgIpc) is 2.38. The summed E-state index contributed by atoms with van der Waals surface area (Å²) in [6, 6.07) is 0. The molecule has 0 amide bonds. The van der Waals surface area contributed by atoms with Gasteiger partial charge in [0.2, 0.25) is 5.95 Å². The zero-order chi connectivity index (χ0) is 13.8. The number of carboxylic acids is 1. The van der Waals surface area contributed by atoms with E-state index in [1.165, 1.54) is 0 Å². The molecule has 1 saturated heterocycles. The molecule has 1 aliphatic rings. The van der Waals surface area contributed by atoms with Crippen molar-refractivity contribution < 1.29 is 14.6 Å².